The van der Waals surface area contributed by atoms with Crippen LogP contribution < -0.4 is 10.1 Å². The van der Waals surface area contributed by atoms with Crippen LogP contribution in [0.2, 0.25) is 0 Å². The zero-order valence-corrected chi connectivity index (χ0v) is 16.9. The normalized spacial score (nSPS) is 12.8. The van der Waals surface area contributed by atoms with E-state index in [1.807, 2.05) is 13.8 Å². The molecule has 0 spiro atoms. The van der Waals surface area contributed by atoms with Crippen molar-refractivity contribution in [3.63, 3.8) is 0 Å². The van der Waals surface area contributed by atoms with Crippen molar-refractivity contribution in [1.29, 1.82) is 0 Å². The monoisotopic (exact) mass is 429 g/mol. The van der Waals surface area contributed by atoms with Gasteiger partial charge in [-0.3, -0.25) is 4.79 Å². The maximum Gasteiger partial charge on any atom is 0.347 e. The molecular weight excluding hydrogens is 406 g/mol. The summed E-state index contributed by atoms with van der Waals surface area (Å²) in [6.07, 6.45) is -0.453. The Morgan fingerprint density at radius 3 is 2.23 bits per heavy atom. The molecule has 2 atom stereocenters. The van der Waals surface area contributed by atoms with Crippen LogP contribution in [0.25, 0.3) is 0 Å². The second kappa shape index (κ2) is 10.8. The van der Waals surface area contributed by atoms with E-state index in [2.05, 4.69) is 26.0 Å². The molecule has 0 bridgehead atoms. The Morgan fingerprint density at radius 2 is 1.69 bits per heavy atom. The van der Waals surface area contributed by atoms with Crippen molar-refractivity contribution < 1.29 is 28.6 Å². The first-order chi connectivity index (χ1) is 12.2. The second-order valence-corrected chi connectivity index (χ2v) is 7.01. The van der Waals surface area contributed by atoms with E-state index in [9.17, 15) is 14.4 Å². The Labute approximate surface area is 161 Å². The number of hydrogen-bond acceptors (Lipinski definition) is 6. The topological polar surface area (TPSA) is 90.9 Å². The number of rotatable bonds is 9. The highest BCUT2D eigenvalue weighted by molar-refractivity contribution is 9.10. The number of benzene rings is 1. The zero-order chi connectivity index (χ0) is 19.7. The molecule has 1 rings (SSSR count). The van der Waals surface area contributed by atoms with Crippen LogP contribution in [0.1, 0.15) is 27.2 Å². The third kappa shape index (κ3) is 7.86. The van der Waals surface area contributed by atoms with Gasteiger partial charge in [0.25, 0.3) is 5.91 Å². The molecule has 144 valence electrons. The van der Waals surface area contributed by atoms with E-state index in [1.165, 1.54) is 14.0 Å². The molecule has 0 saturated carbocycles. The van der Waals surface area contributed by atoms with Gasteiger partial charge in [0.2, 0.25) is 0 Å². The summed E-state index contributed by atoms with van der Waals surface area (Å²) in [6, 6.07) is 6.19. The predicted octanol–water partition coefficient (Wildman–Crippen LogP) is 2.46. The van der Waals surface area contributed by atoms with Crippen LogP contribution in [0.15, 0.2) is 28.7 Å². The maximum absolute atomic E-state index is 11.9. The number of methoxy groups -OCH3 is 1. The summed E-state index contributed by atoms with van der Waals surface area (Å²) < 4.78 is 16.0. The number of carbonyl (C=O) groups is 3. The first-order valence-electron chi connectivity index (χ1n) is 8.19. The Hall–Kier alpha value is -2.09. The Bertz CT molecular complexity index is 617. The summed E-state index contributed by atoms with van der Waals surface area (Å²) in [7, 11) is 1.25. The number of nitrogens with one attached hydrogen (secondary N) is 1. The van der Waals surface area contributed by atoms with Crippen LogP contribution >= 0.6 is 15.9 Å². The predicted molar refractivity (Wildman–Crippen MR) is 98.6 cm³/mol. The largest absolute Gasteiger partial charge is 0.479 e. The van der Waals surface area contributed by atoms with E-state index in [0.29, 0.717) is 12.2 Å². The molecule has 0 aliphatic rings. The van der Waals surface area contributed by atoms with Crippen molar-refractivity contribution in [1.82, 2.24) is 5.32 Å². The van der Waals surface area contributed by atoms with Crippen LogP contribution in [-0.2, 0) is 23.9 Å². The second-order valence-electron chi connectivity index (χ2n) is 6.09. The molecule has 8 heteroatoms. The summed E-state index contributed by atoms with van der Waals surface area (Å²) in [5, 5.41) is 2.51. The van der Waals surface area contributed by atoms with E-state index < -0.39 is 36.6 Å². The molecule has 0 saturated heterocycles. The molecule has 0 heterocycles. The molecule has 0 aliphatic carbocycles. The number of amides is 1. The molecule has 0 aliphatic heterocycles. The summed E-state index contributed by atoms with van der Waals surface area (Å²) in [5.41, 5.74) is 0. The minimum Gasteiger partial charge on any atom is -0.479 e. The SMILES string of the molecule is COC(=O)C(CC(C)C)NC(=O)COC(=O)C(C)Oc1ccc(Br)cc1. The van der Waals surface area contributed by atoms with E-state index in [1.54, 1.807) is 24.3 Å². The number of esters is 2. The Morgan fingerprint density at radius 1 is 1.08 bits per heavy atom. The molecule has 2 unspecified atom stereocenters. The zero-order valence-electron chi connectivity index (χ0n) is 15.3. The summed E-state index contributed by atoms with van der Waals surface area (Å²) >= 11 is 3.31. The van der Waals surface area contributed by atoms with Gasteiger partial charge < -0.3 is 19.5 Å². The van der Waals surface area contributed by atoms with Gasteiger partial charge in [0.1, 0.15) is 11.8 Å². The third-order valence-electron chi connectivity index (χ3n) is 3.33. The van der Waals surface area contributed by atoms with Gasteiger partial charge in [0, 0.05) is 4.47 Å². The van der Waals surface area contributed by atoms with Crippen LogP contribution in [0.5, 0.6) is 5.75 Å². The van der Waals surface area contributed by atoms with Crippen molar-refractivity contribution in [3.8, 4) is 5.75 Å². The first kappa shape index (κ1) is 22.0. The van der Waals surface area contributed by atoms with Crippen LogP contribution in [0.3, 0.4) is 0 Å². The van der Waals surface area contributed by atoms with E-state index in [-0.39, 0.29) is 5.92 Å². The van der Waals surface area contributed by atoms with Crippen molar-refractivity contribution in [3.05, 3.63) is 28.7 Å². The number of halogens is 1. The summed E-state index contributed by atoms with van der Waals surface area (Å²) in [5.74, 6) is -1.11. The highest BCUT2D eigenvalue weighted by Gasteiger charge is 2.24. The van der Waals surface area contributed by atoms with Crippen molar-refractivity contribution in [2.24, 2.45) is 5.92 Å². The smallest absolute Gasteiger partial charge is 0.347 e. The van der Waals surface area contributed by atoms with E-state index >= 15 is 0 Å². The number of carbonyl (C=O) groups excluding carboxylic acids is 3. The van der Waals surface area contributed by atoms with Crippen LogP contribution in [-0.4, -0.2) is 43.7 Å². The lowest BCUT2D eigenvalue weighted by Crippen LogP contribution is -2.44. The van der Waals surface area contributed by atoms with Gasteiger partial charge in [-0.05, 0) is 43.5 Å². The average molecular weight is 430 g/mol. The highest BCUT2D eigenvalue weighted by atomic mass is 79.9. The standard InChI is InChI=1S/C18H24BrNO6/c1-11(2)9-15(18(23)24-4)20-16(21)10-25-17(22)12(3)26-14-7-5-13(19)6-8-14/h5-8,11-12,15H,9-10H2,1-4H3,(H,20,21). The molecule has 0 fully saturated rings. The number of hydrogen-bond donors (Lipinski definition) is 1. The van der Waals surface area contributed by atoms with Gasteiger partial charge in [-0.1, -0.05) is 29.8 Å². The fourth-order valence-corrected chi connectivity index (χ4v) is 2.35. The molecule has 1 aromatic carbocycles. The van der Waals surface area contributed by atoms with Gasteiger partial charge in [0.15, 0.2) is 12.7 Å². The number of ether oxygens (including phenoxy) is 3. The van der Waals surface area contributed by atoms with Gasteiger partial charge >= 0.3 is 11.9 Å². The molecule has 0 radical (unpaired) electrons. The lowest BCUT2D eigenvalue weighted by molar-refractivity contribution is -0.155. The lowest BCUT2D eigenvalue weighted by atomic mass is 10.0. The van der Waals surface area contributed by atoms with Gasteiger partial charge in [-0.2, -0.15) is 0 Å². The van der Waals surface area contributed by atoms with Gasteiger partial charge in [-0.15, -0.1) is 0 Å². The van der Waals surface area contributed by atoms with Crippen LogP contribution in [0, 0.1) is 5.92 Å². The lowest BCUT2D eigenvalue weighted by Gasteiger charge is -2.18. The molecule has 26 heavy (non-hydrogen) atoms. The maximum atomic E-state index is 11.9. The molecule has 1 N–H and O–H groups in total. The quantitative estimate of drug-likeness (QED) is 0.606. The van der Waals surface area contributed by atoms with Crippen molar-refractivity contribution >= 4 is 33.8 Å². The van der Waals surface area contributed by atoms with Crippen molar-refractivity contribution in [2.75, 3.05) is 13.7 Å². The fourth-order valence-electron chi connectivity index (χ4n) is 2.08. The minimum absolute atomic E-state index is 0.182. The van der Waals surface area contributed by atoms with Crippen LogP contribution in [0.4, 0.5) is 0 Å². The third-order valence-corrected chi connectivity index (χ3v) is 3.86. The Balaban J connectivity index is 2.47. The molecular formula is C18H24BrNO6. The van der Waals surface area contributed by atoms with E-state index in [0.717, 1.165) is 4.47 Å². The fraction of sp³-hybridized carbons (Fsp3) is 0.500. The average Bonchev–Trinajstić information content (AvgIpc) is 2.59. The molecule has 1 aromatic rings. The van der Waals surface area contributed by atoms with Gasteiger partial charge in [-0.25, -0.2) is 9.59 Å². The van der Waals surface area contributed by atoms with Gasteiger partial charge in [0.05, 0.1) is 7.11 Å². The summed E-state index contributed by atoms with van der Waals surface area (Å²) in [4.78, 5) is 35.6. The molecule has 0 aromatic heterocycles. The Kier molecular flexibility index (Phi) is 9.12. The summed E-state index contributed by atoms with van der Waals surface area (Å²) in [6.45, 7) is 4.86. The highest BCUT2D eigenvalue weighted by Crippen LogP contribution is 2.17. The van der Waals surface area contributed by atoms with E-state index in [4.69, 9.17) is 9.47 Å². The molecule has 7 nitrogen and oxygen atoms in total. The van der Waals surface area contributed by atoms with Crippen molar-refractivity contribution in [2.45, 2.75) is 39.3 Å². The minimum atomic E-state index is -0.879. The first-order valence-corrected chi connectivity index (χ1v) is 8.98. The molecule has 1 amide bonds.